The number of hydrogen-bond donors (Lipinski definition) is 0. The Hall–Kier alpha value is -2.95. The van der Waals surface area contributed by atoms with Crippen LogP contribution in [0, 0.1) is 13.8 Å². The van der Waals surface area contributed by atoms with Crippen LogP contribution >= 0.6 is 0 Å². The van der Waals surface area contributed by atoms with Gasteiger partial charge in [-0.15, -0.1) is 0 Å². The van der Waals surface area contributed by atoms with Crippen LogP contribution in [-0.2, 0) is 11.2 Å². The molecule has 0 unspecified atom stereocenters. The van der Waals surface area contributed by atoms with E-state index in [1.165, 1.54) is 11.1 Å². The van der Waals surface area contributed by atoms with Gasteiger partial charge in [-0.25, -0.2) is 0 Å². The van der Waals surface area contributed by atoms with E-state index in [4.69, 9.17) is 4.52 Å². The number of nitrogens with zero attached hydrogens (tertiary/aromatic N) is 3. The summed E-state index contributed by atoms with van der Waals surface area (Å²) >= 11 is 0. The lowest BCUT2D eigenvalue weighted by molar-refractivity contribution is -0.132. The van der Waals surface area contributed by atoms with Gasteiger partial charge in [0.2, 0.25) is 5.91 Å². The van der Waals surface area contributed by atoms with Gasteiger partial charge in [0, 0.05) is 25.7 Å². The fraction of sp³-hybridized carbons (Fsp3) is 0.375. The van der Waals surface area contributed by atoms with Crippen LogP contribution in [0.3, 0.4) is 0 Å². The van der Waals surface area contributed by atoms with E-state index < -0.39 is 0 Å². The van der Waals surface area contributed by atoms with E-state index in [-0.39, 0.29) is 5.91 Å². The first-order chi connectivity index (χ1) is 14.1. The second-order valence-electron chi connectivity index (χ2n) is 7.81. The molecule has 2 aromatic heterocycles. The normalized spacial score (nSPS) is 14.9. The Morgan fingerprint density at radius 1 is 1.14 bits per heavy atom. The summed E-state index contributed by atoms with van der Waals surface area (Å²) < 4.78 is 5.30. The molecule has 3 aromatic rings. The van der Waals surface area contributed by atoms with Gasteiger partial charge in [-0.05, 0) is 62.3 Å². The molecule has 0 atom stereocenters. The number of piperidine rings is 1. The van der Waals surface area contributed by atoms with E-state index in [1.807, 2.05) is 43.1 Å². The van der Waals surface area contributed by atoms with Crippen molar-refractivity contribution >= 4 is 5.91 Å². The number of pyridine rings is 1. The standard InChI is InChI=1S/C24H27N3O2/c1-17-24(18(2)29-26-17)22-16-21(10-13-25-22)20-11-14-27(15-12-20)23(28)9-8-19-6-4-3-5-7-19/h3-7,10,13,16,20H,8-9,11-12,14-15H2,1-2H3. The highest BCUT2D eigenvalue weighted by atomic mass is 16.5. The van der Waals surface area contributed by atoms with Crippen LogP contribution in [0.4, 0.5) is 0 Å². The third-order valence-corrected chi connectivity index (χ3v) is 5.86. The number of hydrogen-bond acceptors (Lipinski definition) is 4. The van der Waals surface area contributed by atoms with Crippen LogP contribution in [-0.4, -0.2) is 34.0 Å². The molecule has 0 aliphatic carbocycles. The maximum absolute atomic E-state index is 12.6. The Kier molecular flexibility index (Phi) is 5.74. The van der Waals surface area contributed by atoms with Crippen LogP contribution in [0.1, 0.15) is 47.8 Å². The van der Waals surface area contributed by atoms with Crippen LogP contribution in [0.15, 0.2) is 53.2 Å². The highest BCUT2D eigenvalue weighted by Crippen LogP contribution is 2.32. The summed E-state index contributed by atoms with van der Waals surface area (Å²) in [5.74, 6) is 1.51. The van der Waals surface area contributed by atoms with Crippen molar-refractivity contribution in [3.8, 4) is 11.3 Å². The maximum Gasteiger partial charge on any atom is 0.222 e. The lowest BCUT2D eigenvalue weighted by Gasteiger charge is -2.32. The number of amides is 1. The highest BCUT2D eigenvalue weighted by molar-refractivity contribution is 5.76. The monoisotopic (exact) mass is 389 g/mol. The first-order valence-corrected chi connectivity index (χ1v) is 10.3. The second kappa shape index (κ2) is 8.60. The molecule has 1 saturated heterocycles. The van der Waals surface area contributed by atoms with Crippen LogP contribution in [0.5, 0.6) is 0 Å². The molecular weight excluding hydrogens is 362 g/mol. The Balaban J connectivity index is 1.36. The molecule has 4 rings (SSSR count). The summed E-state index contributed by atoms with van der Waals surface area (Å²) in [7, 11) is 0. The van der Waals surface area contributed by atoms with Gasteiger partial charge in [0.15, 0.2) is 0 Å². The van der Waals surface area contributed by atoms with Gasteiger partial charge in [0.25, 0.3) is 0 Å². The predicted molar refractivity (Wildman–Crippen MR) is 113 cm³/mol. The van der Waals surface area contributed by atoms with Crippen LogP contribution in [0.2, 0.25) is 0 Å². The quantitative estimate of drug-likeness (QED) is 0.635. The number of carbonyl (C=O) groups is 1. The number of rotatable bonds is 5. The molecule has 150 valence electrons. The SMILES string of the molecule is Cc1noc(C)c1-c1cc(C2CCN(C(=O)CCc3ccccc3)CC2)ccn1. The zero-order valence-electron chi connectivity index (χ0n) is 17.1. The van der Waals surface area contributed by atoms with Crippen molar-refractivity contribution in [2.45, 2.75) is 45.4 Å². The second-order valence-corrected chi connectivity index (χ2v) is 7.81. The molecule has 1 aliphatic heterocycles. The molecule has 1 aliphatic rings. The Morgan fingerprint density at radius 3 is 2.59 bits per heavy atom. The largest absolute Gasteiger partial charge is 0.361 e. The molecule has 0 bridgehead atoms. The first kappa shape index (κ1) is 19.4. The van der Waals surface area contributed by atoms with E-state index in [9.17, 15) is 4.79 Å². The molecule has 0 N–H and O–H groups in total. The van der Waals surface area contributed by atoms with E-state index >= 15 is 0 Å². The molecule has 1 aromatic carbocycles. The molecular formula is C24H27N3O2. The fourth-order valence-electron chi connectivity index (χ4n) is 4.20. The van der Waals surface area contributed by atoms with Crippen molar-refractivity contribution in [1.29, 1.82) is 0 Å². The van der Waals surface area contributed by atoms with Gasteiger partial charge >= 0.3 is 0 Å². The molecule has 0 saturated carbocycles. The Morgan fingerprint density at radius 2 is 1.90 bits per heavy atom. The molecule has 1 amide bonds. The predicted octanol–water partition coefficient (Wildman–Crippen LogP) is 4.69. The van der Waals surface area contributed by atoms with Crippen LogP contribution in [0.25, 0.3) is 11.3 Å². The smallest absolute Gasteiger partial charge is 0.222 e. The van der Waals surface area contributed by atoms with Gasteiger partial charge in [-0.1, -0.05) is 35.5 Å². The van der Waals surface area contributed by atoms with Gasteiger partial charge in [-0.2, -0.15) is 0 Å². The van der Waals surface area contributed by atoms with Gasteiger partial charge in [0.1, 0.15) is 5.76 Å². The van der Waals surface area contributed by atoms with Crippen LogP contribution < -0.4 is 0 Å². The summed E-state index contributed by atoms with van der Waals surface area (Å²) in [5, 5.41) is 4.04. The number of aryl methyl sites for hydroxylation is 3. The van der Waals surface area contributed by atoms with Gasteiger partial charge < -0.3 is 9.42 Å². The first-order valence-electron chi connectivity index (χ1n) is 10.3. The molecule has 5 heteroatoms. The Labute approximate surface area is 171 Å². The molecule has 1 fully saturated rings. The summed E-state index contributed by atoms with van der Waals surface area (Å²) in [4.78, 5) is 19.2. The average molecular weight is 389 g/mol. The van der Waals surface area contributed by atoms with E-state index in [1.54, 1.807) is 0 Å². The van der Waals surface area contributed by atoms with Crippen molar-refractivity contribution in [2.75, 3.05) is 13.1 Å². The molecule has 0 spiro atoms. The molecule has 0 radical (unpaired) electrons. The van der Waals surface area contributed by atoms with Crippen molar-refractivity contribution in [3.63, 3.8) is 0 Å². The van der Waals surface area contributed by atoms with E-state index in [0.29, 0.717) is 12.3 Å². The average Bonchev–Trinajstić information content (AvgIpc) is 3.11. The number of benzene rings is 1. The number of aromatic nitrogens is 2. The summed E-state index contributed by atoms with van der Waals surface area (Å²) in [6.45, 7) is 5.51. The zero-order valence-corrected chi connectivity index (χ0v) is 17.1. The Bertz CT molecular complexity index is 953. The highest BCUT2D eigenvalue weighted by Gasteiger charge is 2.24. The van der Waals surface area contributed by atoms with Crippen molar-refractivity contribution in [1.82, 2.24) is 15.0 Å². The summed E-state index contributed by atoms with van der Waals surface area (Å²) in [6.07, 6.45) is 5.24. The lowest BCUT2D eigenvalue weighted by atomic mass is 9.89. The van der Waals surface area contributed by atoms with E-state index in [0.717, 1.165) is 55.1 Å². The maximum atomic E-state index is 12.6. The zero-order chi connectivity index (χ0) is 20.2. The molecule has 29 heavy (non-hydrogen) atoms. The number of carbonyl (C=O) groups excluding carboxylic acids is 1. The van der Waals surface area contributed by atoms with Crippen molar-refractivity contribution in [2.24, 2.45) is 0 Å². The van der Waals surface area contributed by atoms with E-state index in [2.05, 4.69) is 34.4 Å². The van der Waals surface area contributed by atoms with Crippen molar-refractivity contribution < 1.29 is 9.32 Å². The molecule has 3 heterocycles. The van der Waals surface area contributed by atoms with Gasteiger partial charge in [-0.3, -0.25) is 9.78 Å². The van der Waals surface area contributed by atoms with Gasteiger partial charge in [0.05, 0.1) is 17.0 Å². The number of likely N-dealkylation sites (tertiary alicyclic amines) is 1. The van der Waals surface area contributed by atoms with Crippen molar-refractivity contribution in [3.05, 3.63) is 71.2 Å². The summed E-state index contributed by atoms with van der Waals surface area (Å²) in [6, 6.07) is 14.5. The topological polar surface area (TPSA) is 59.2 Å². The third-order valence-electron chi connectivity index (χ3n) is 5.86. The minimum atomic E-state index is 0.262. The third kappa shape index (κ3) is 4.39. The lowest BCUT2D eigenvalue weighted by Crippen LogP contribution is -2.38. The minimum absolute atomic E-state index is 0.262. The molecule has 5 nitrogen and oxygen atoms in total. The minimum Gasteiger partial charge on any atom is -0.361 e. The fourth-order valence-corrected chi connectivity index (χ4v) is 4.20. The summed E-state index contributed by atoms with van der Waals surface area (Å²) in [5.41, 5.74) is 5.28.